The van der Waals surface area contributed by atoms with Crippen LogP contribution >= 0.6 is 0 Å². The van der Waals surface area contributed by atoms with Crippen LogP contribution in [0.3, 0.4) is 0 Å². The second kappa shape index (κ2) is 5.98. The second-order valence-electron chi connectivity index (χ2n) is 6.10. The van der Waals surface area contributed by atoms with Crippen molar-refractivity contribution in [1.29, 1.82) is 0 Å². The van der Waals surface area contributed by atoms with Crippen LogP contribution in [0, 0.1) is 11.8 Å². The van der Waals surface area contributed by atoms with Crippen LogP contribution < -0.4 is 5.73 Å². The van der Waals surface area contributed by atoms with Gasteiger partial charge in [-0.15, -0.1) is 0 Å². The normalized spacial score (nSPS) is 24.9. The summed E-state index contributed by atoms with van der Waals surface area (Å²) in [4.78, 5) is 3.37. The zero-order chi connectivity index (χ0) is 13.9. The monoisotopic (exact) mass is 272 g/mol. The third-order valence-corrected chi connectivity index (χ3v) is 4.99. The van der Waals surface area contributed by atoms with Crippen molar-refractivity contribution in [3.63, 3.8) is 0 Å². The Labute approximate surface area is 120 Å². The van der Waals surface area contributed by atoms with Gasteiger partial charge in [0.2, 0.25) is 0 Å². The summed E-state index contributed by atoms with van der Waals surface area (Å²) in [5.41, 5.74) is 8.66. The van der Waals surface area contributed by atoms with Crippen molar-refractivity contribution >= 4 is 10.9 Å². The van der Waals surface area contributed by atoms with Gasteiger partial charge in [0.1, 0.15) is 0 Å². The van der Waals surface area contributed by atoms with Crippen molar-refractivity contribution in [2.75, 3.05) is 13.2 Å². The van der Waals surface area contributed by atoms with Gasteiger partial charge >= 0.3 is 0 Å². The Morgan fingerprint density at radius 3 is 2.65 bits per heavy atom. The minimum absolute atomic E-state index is 0.340. The smallest absolute Gasteiger partial charge is 0.0459 e. The van der Waals surface area contributed by atoms with E-state index in [-0.39, 0.29) is 0 Å². The summed E-state index contributed by atoms with van der Waals surface area (Å²) >= 11 is 0. The number of nitrogens with one attached hydrogen (secondary N) is 1. The first-order valence-corrected chi connectivity index (χ1v) is 7.70. The van der Waals surface area contributed by atoms with E-state index in [2.05, 4.69) is 35.4 Å². The number of aliphatic hydroxyl groups excluding tert-OH is 1. The zero-order valence-electron chi connectivity index (χ0n) is 11.9. The van der Waals surface area contributed by atoms with Gasteiger partial charge < -0.3 is 15.8 Å². The van der Waals surface area contributed by atoms with Crippen LogP contribution in [0.25, 0.3) is 10.9 Å². The largest absolute Gasteiger partial charge is 0.396 e. The molecule has 1 aromatic heterocycles. The van der Waals surface area contributed by atoms with Gasteiger partial charge in [0.05, 0.1) is 0 Å². The molecule has 3 nitrogen and oxygen atoms in total. The molecule has 1 unspecified atom stereocenters. The molecule has 1 aromatic carbocycles. The highest BCUT2D eigenvalue weighted by atomic mass is 16.3. The predicted molar refractivity (Wildman–Crippen MR) is 82.6 cm³/mol. The Bertz CT molecular complexity index is 555. The Balaban J connectivity index is 1.83. The van der Waals surface area contributed by atoms with Crippen LogP contribution in [0.1, 0.15) is 37.2 Å². The fourth-order valence-electron chi connectivity index (χ4n) is 3.75. The summed E-state index contributed by atoms with van der Waals surface area (Å²) in [7, 11) is 0. The van der Waals surface area contributed by atoms with Gasteiger partial charge in [-0.1, -0.05) is 18.2 Å². The Morgan fingerprint density at radius 1 is 1.20 bits per heavy atom. The molecule has 2 aromatic rings. The lowest BCUT2D eigenvalue weighted by molar-refractivity contribution is 0.158. The molecule has 0 spiro atoms. The molecule has 20 heavy (non-hydrogen) atoms. The van der Waals surface area contributed by atoms with E-state index in [4.69, 9.17) is 5.73 Å². The molecule has 1 fully saturated rings. The molecule has 1 heterocycles. The van der Waals surface area contributed by atoms with Crippen molar-refractivity contribution in [3.05, 3.63) is 36.0 Å². The average molecular weight is 272 g/mol. The van der Waals surface area contributed by atoms with Gasteiger partial charge in [-0.2, -0.15) is 0 Å². The Morgan fingerprint density at radius 2 is 1.95 bits per heavy atom. The molecule has 1 saturated carbocycles. The maximum Gasteiger partial charge on any atom is 0.0459 e. The first kappa shape index (κ1) is 13.7. The average Bonchev–Trinajstić information content (AvgIpc) is 2.93. The molecule has 3 heteroatoms. The SMILES string of the molecule is NCC(c1c[nH]c2ccccc12)C1CCC(CO)CC1. The van der Waals surface area contributed by atoms with Crippen LogP contribution in [-0.2, 0) is 0 Å². The van der Waals surface area contributed by atoms with Crippen molar-refractivity contribution in [1.82, 2.24) is 4.98 Å². The summed E-state index contributed by atoms with van der Waals surface area (Å²) < 4.78 is 0. The van der Waals surface area contributed by atoms with E-state index in [9.17, 15) is 5.11 Å². The van der Waals surface area contributed by atoms with Crippen LogP contribution in [0.2, 0.25) is 0 Å². The van der Waals surface area contributed by atoms with Gasteiger partial charge in [0, 0.05) is 29.6 Å². The number of rotatable bonds is 4. The van der Waals surface area contributed by atoms with E-state index in [1.807, 2.05) is 0 Å². The molecular weight excluding hydrogens is 248 g/mol. The molecular formula is C17H24N2O. The molecule has 0 saturated heterocycles. The molecule has 0 bridgehead atoms. The van der Waals surface area contributed by atoms with Crippen LogP contribution in [0.15, 0.2) is 30.5 Å². The lowest BCUT2D eigenvalue weighted by atomic mass is 9.73. The van der Waals surface area contributed by atoms with Crippen molar-refractivity contribution in [2.45, 2.75) is 31.6 Å². The summed E-state index contributed by atoms with van der Waals surface area (Å²) in [6.07, 6.45) is 6.79. The van der Waals surface area contributed by atoms with Crippen LogP contribution in [0.4, 0.5) is 0 Å². The molecule has 4 N–H and O–H groups in total. The maximum absolute atomic E-state index is 9.27. The zero-order valence-corrected chi connectivity index (χ0v) is 11.9. The number of hydrogen-bond donors (Lipinski definition) is 3. The van der Waals surface area contributed by atoms with Crippen molar-refractivity contribution < 1.29 is 5.11 Å². The van der Waals surface area contributed by atoms with Crippen molar-refractivity contribution in [2.24, 2.45) is 17.6 Å². The van der Waals surface area contributed by atoms with Crippen LogP contribution in [0.5, 0.6) is 0 Å². The number of hydrogen-bond acceptors (Lipinski definition) is 2. The quantitative estimate of drug-likeness (QED) is 0.801. The van der Waals surface area contributed by atoms with Gasteiger partial charge in [0.25, 0.3) is 0 Å². The molecule has 1 aliphatic rings. The highest BCUT2D eigenvalue weighted by Gasteiger charge is 2.28. The minimum atomic E-state index is 0.340. The van der Waals surface area contributed by atoms with Crippen LogP contribution in [-0.4, -0.2) is 23.2 Å². The Kier molecular flexibility index (Phi) is 4.08. The lowest BCUT2D eigenvalue weighted by Crippen LogP contribution is -2.26. The standard InChI is InChI=1S/C17H24N2O/c18-9-15(13-7-5-12(11-20)6-8-13)16-10-19-17-4-2-1-3-14(16)17/h1-4,10,12-13,15,19-20H,5-9,11,18H2. The molecule has 0 aliphatic heterocycles. The number of H-pyrrole nitrogens is 1. The number of para-hydroxylation sites is 1. The molecule has 0 amide bonds. The van der Waals surface area contributed by atoms with E-state index in [0.717, 1.165) is 12.8 Å². The first-order valence-electron chi connectivity index (χ1n) is 7.70. The summed E-state index contributed by atoms with van der Waals surface area (Å²) in [6, 6.07) is 8.46. The van der Waals surface area contributed by atoms with Gasteiger partial charge in [-0.25, -0.2) is 0 Å². The number of benzene rings is 1. The van der Waals surface area contributed by atoms with Crippen molar-refractivity contribution in [3.8, 4) is 0 Å². The number of aliphatic hydroxyl groups is 1. The van der Waals surface area contributed by atoms with E-state index < -0.39 is 0 Å². The minimum Gasteiger partial charge on any atom is -0.396 e. The predicted octanol–water partition coefficient (Wildman–Crippen LogP) is 3.01. The number of aromatic nitrogens is 1. The highest BCUT2D eigenvalue weighted by molar-refractivity contribution is 5.83. The van der Waals surface area contributed by atoms with E-state index in [1.165, 1.54) is 29.3 Å². The number of aromatic amines is 1. The topological polar surface area (TPSA) is 62.0 Å². The highest BCUT2D eigenvalue weighted by Crippen LogP contribution is 2.39. The van der Waals surface area contributed by atoms with Gasteiger partial charge in [-0.05, 0) is 55.7 Å². The molecule has 108 valence electrons. The van der Waals surface area contributed by atoms with Gasteiger partial charge in [-0.3, -0.25) is 0 Å². The summed E-state index contributed by atoms with van der Waals surface area (Å²) in [6.45, 7) is 1.05. The van der Waals surface area contributed by atoms with E-state index >= 15 is 0 Å². The molecule has 1 aliphatic carbocycles. The van der Waals surface area contributed by atoms with Gasteiger partial charge in [0.15, 0.2) is 0 Å². The third kappa shape index (κ3) is 2.48. The Hall–Kier alpha value is -1.32. The maximum atomic E-state index is 9.27. The first-order chi connectivity index (χ1) is 9.83. The molecule has 0 radical (unpaired) electrons. The lowest BCUT2D eigenvalue weighted by Gasteiger charge is -2.32. The molecule has 1 atom stereocenters. The van der Waals surface area contributed by atoms with E-state index in [0.29, 0.717) is 30.9 Å². The molecule has 3 rings (SSSR count). The summed E-state index contributed by atoms with van der Waals surface area (Å²) in [5.74, 6) is 1.60. The number of nitrogens with two attached hydrogens (primary N) is 1. The fourth-order valence-corrected chi connectivity index (χ4v) is 3.75. The third-order valence-electron chi connectivity index (χ3n) is 4.99. The number of fused-ring (bicyclic) bond motifs is 1. The second-order valence-corrected chi connectivity index (χ2v) is 6.10. The fraction of sp³-hybridized carbons (Fsp3) is 0.529. The van der Waals surface area contributed by atoms with E-state index in [1.54, 1.807) is 0 Å². The summed E-state index contributed by atoms with van der Waals surface area (Å²) in [5, 5.41) is 10.6.